The molecule has 0 radical (unpaired) electrons. The van der Waals surface area contributed by atoms with Gasteiger partial charge >= 0.3 is 0 Å². The molecule has 1 heterocycles. The van der Waals surface area contributed by atoms with Gasteiger partial charge in [-0.25, -0.2) is 0 Å². The maximum atomic E-state index is 9.64. The van der Waals surface area contributed by atoms with E-state index in [-0.39, 0.29) is 12.0 Å². The summed E-state index contributed by atoms with van der Waals surface area (Å²) in [6.07, 6.45) is 11.5. The van der Waals surface area contributed by atoms with Gasteiger partial charge in [-0.2, -0.15) is 0 Å². The van der Waals surface area contributed by atoms with Crippen molar-refractivity contribution in [1.29, 1.82) is 0 Å². The van der Waals surface area contributed by atoms with E-state index in [4.69, 9.17) is 9.47 Å². The molecule has 3 rings (SSSR count). The molecule has 16 heavy (non-hydrogen) atoms. The minimum Gasteiger partial charge on any atom is -0.395 e. The Hall–Kier alpha value is -0.640. The highest BCUT2D eigenvalue weighted by Crippen LogP contribution is 2.48. The molecule has 2 aliphatic carbocycles. The summed E-state index contributed by atoms with van der Waals surface area (Å²) in [5.74, 6) is -0.167. The molecule has 3 heteroatoms. The minimum absolute atomic E-state index is 0.0741. The van der Waals surface area contributed by atoms with E-state index in [0.29, 0.717) is 19.1 Å². The fourth-order valence-electron chi connectivity index (χ4n) is 3.07. The zero-order valence-electron chi connectivity index (χ0n) is 9.39. The summed E-state index contributed by atoms with van der Waals surface area (Å²) in [6.45, 7) is 1.56. The molecule has 1 fully saturated rings. The topological polar surface area (TPSA) is 38.7 Å². The predicted molar refractivity (Wildman–Crippen MR) is 59.8 cm³/mol. The second-order valence-corrected chi connectivity index (χ2v) is 5.01. The van der Waals surface area contributed by atoms with Gasteiger partial charge < -0.3 is 14.6 Å². The van der Waals surface area contributed by atoms with Crippen LogP contribution >= 0.6 is 0 Å². The van der Waals surface area contributed by atoms with Crippen molar-refractivity contribution < 1.29 is 14.6 Å². The van der Waals surface area contributed by atoms with Gasteiger partial charge in [0.15, 0.2) is 5.79 Å². The van der Waals surface area contributed by atoms with Crippen LogP contribution in [0.15, 0.2) is 24.3 Å². The van der Waals surface area contributed by atoms with E-state index >= 15 is 0 Å². The van der Waals surface area contributed by atoms with E-state index in [1.54, 1.807) is 0 Å². The summed E-state index contributed by atoms with van der Waals surface area (Å²) < 4.78 is 11.4. The van der Waals surface area contributed by atoms with Gasteiger partial charge in [0.2, 0.25) is 0 Å². The van der Waals surface area contributed by atoms with Crippen LogP contribution in [0.2, 0.25) is 0 Å². The smallest absolute Gasteiger partial charge is 0.188 e. The lowest BCUT2D eigenvalue weighted by Gasteiger charge is -2.45. The Morgan fingerprint density at radius 2 is 2.06 bits per heavy atom. The molecule has 0 aromatic heterocycles. The quantitative estimate of drug-likeness (QED) is 0.685. The van der Waals surface area contributed by atoms with E-state index in [9.17, 15) is 5.11 Å². The van der Waals surface area contributed by atoms with Crippen molar-refractivity contribution in [2.24, 2.45) is 11.3 Å². The Morgan fingerprint density at radius 3 is 2.81 bits per heavy atom. The molecule has 0 unspecified atom stereocenters. The van der Waals surface area contributed by atoms with E-state index < -0.39 is 5.79 Å². The Kier molecular flexibility index (Phi) is 2.42. The van der Waals surface area contributed by atoms with E-state index in [1.807, 2.05) is 6.08 Å². The Morgan fingerprint density at radius 1 is 1.25 bits per heavy atom. The Bertz CT molecular complexity index is 328. The van der Waals surface area contributed by atoms with Crippen LogP contribution < -0.4 is 0 Å². The van der Waals surface area contributed by atoms with Gasteiger partial charge in [-0.15, -0.1) is 0 Å². The first-order valence-corrected chi connectivity index (χ1v) is 6.05. The number of rotatable bonds is 1. The summed E-state index contributed by atoms with van der Waals surface area (Å²) >= 11 is 0. The normalized spacial score (nSPS) is 40.2. The summed E-state index contributed by atoms with van der Waals surface area (Å²) in [5, 5.41) is 9.64. The number of aliphatic hydroxyl groups is 1. The highest BCUT2D eigenvalue weighted by atomic mass is 16.7. The average molecular weight is 222 g/mol. The van der Waals surface area contributed by atoms with Gasteiger partial charge in [-0.1, -0.05) is 18.2 Å². The van der Waals surface area contributed by atoms with Gasteiger partial charge in [0.25, 0.3) is 0 Å². The molecule has 3 nitrogen and oxygen atoms in total. The fourth-order valence-corrected chi connectivity index (χ4v) is 3.07. The number of ether oxygens (including phenoxy) is 2. The maximum Gasteiger partial charge on any atom is 0.188 e. The molecule has 2 atom stereocenters. The molecule has 88 valence electrons. The molecule has 0 amide bonds. The third-order valence-corrected chi connectivity index (χ3v) is 4.13. The first kappa shape index (κ1) is 10.5. The van der Waals surface area contributed by atoms with Gasteiger partial charge in [0.05, 0.1) is 19.8 Å². The molecule has 0 saturated carbocycles. The van der Waals surface area contributed by atoms with Crippen LogP contribution in [-0.2, 0) is 9.47 Å². The van der Waals surface area contributed by atoms with Gasteiger partial charge in [0.1, 0.15) is 0 Å². The summed E-state index contributed by atoms with van der Waals surface area (Å²) in [5.41, 5.74) is -0.0741. The lowest BCUT2D eigenvalue weighted by atomic mass is 9.64. The van der Waals surface area contributed by atoms with Crippen LogP contribution in [0.25, 0.3) is 0 Å². The molecule has 1 aliphatic heterocycles. The number of aliphatic hydroxyl groups excluding tert-OH is 1. The van der Waals surface area contributed by atoms with Crippen LogP contribution in [0.5, 0.6) is 0 Å². The number of hydrogen-bond donors (Lipinski definition) is 1. The van der Waals surface area contributed by atoms with E-state index in [0.717, 1.165) is 19.3 Å². The van der Waals surface area contributed by atoms with Crippen molar-refractivity contribution in [2.45, 2.75) is 25.0 Å². The van der Waals surface area contributed by atoms with Crippen LogP contribution in [-0.4, -0.2) is 30.7 Å². The van der Waals surface area contributed by atoms with Crippen molar-refractivity contribution in [3.8, 4) is 0 Å². The van der Waals surface area contributed by atoms with Gasteiger partial charge in [-0.05, 0) is 24.8 Å². The first-order chi connectivity index (χ1) is 7.79. The van der Waals surface area contributed by atoms with Gasteiger partial charge in [0, 0.05) is 11.8 Å². The average Bonchev–Trinajstić information content (AvgIpc) is 2.78. The molecule has 0 bridgehead atoms. The lowest BCUT2D eigenvalue weighted by Crippen LogP contribution is -2.44. The molecule has 1 saturated heterocycles. The standard InChI is InChI=1S/C13H18O3/c14-10-12-4-2-1-3-11(12)9-13(6-5-12)15-7-8-16-13/h1,3,5-6,11,14H,2,4,7-10H2/t11-,12+/m0/s1. The Labute approximate surface area is 95.7 Å². The molecular weight excluding hydrogens is 204 g/mol. The third-order valence-electron chi connectivity index (χ3n) is 4.13. The number of fused-ring (bicyclic) bond motifs is 1. The molecular formula is C13H18O3. The Balaban J connectivity index is 1.92. The maximum absolute atomic E-state index is 9.64. The minimum atomic E-state index is -0.509. The van der Waals surface area contributed by atoms with Crippen molar-refractivity contribution >= 4 is 0 Å². The SMILES string of the molecule is OC[C@@]12C=CC3(C[C@@H]1C=CCC2)OCCO3. The third kappa shape index (κ3) is 1.46. The highest BCUT2D eigenvalue weighted by molar-refractivity contribution is 5.21. The fraction of sp³-hybridized carbons (Fsp3) is 0.692. The second-order valence-electron chi connectivity index (χ2n) is 5.01. The lowest BCUT2D eigenvalue weighted by molar-refractivity contribution is -0.143. The second kappa shape index (κ2) is 3.69. The predicted octanol–water partition coefficient (Wildman–Crippen LogP) is 1.63. The molecule has 0 aromatic carbocycles. The molecule has 1 N–H and O–H groups in total. The zero-order valence-corrected chi connectivity index (χ0v) is 9.39. The molecule has 3 aliphatic rings. The number of allylic oxidation sites excluding steroid dienone is 2. The zero-order chi connectivity index (χ0) is 11.1. The monoisotopic (exact) mass is 222 g/mol. The van der Waals surface area contributed by atoms with E-state index in [1.165, 1.54) is 0 Å². The van der Waals surface area contributed by atoms with Crippen LogP contribution in [0.1, 0.15) is 19.3 Å². The highest BCUT2D eigenvalue weighted by Gasteiger charge is 2.47. The molecule has 1 spiro atoms. The van der Waals surface area contributed by atoms with Crippen molar-refractivity contribution in [3.05, 3.63) is 24.3 Å². The van der Waals surface area contributed by atoms with Gasteiger partial charge in [-0.3, -0.25) is 0 Å². The van der Waals surface area contributed by atoms with E-state index in [2.05, 4.69) is 18.2 Å². The van der Waals surface area contributed by atoms with Crippen LogP contribution in [0.4, 0.5) is 0 Å². The van der Waals surface area contributed by atoms with Crippen molar-refractivity contribution in [2.75, 3.05) is 19.8 Å². The molecule has 0 aromatic rings. The largest absolute Gasteiger partial charge is 0.395 e. The first-order valence-electron chi connectivity index (χ1n) is 6.05. The summed E-state index contributed by atoms with van der Waals surface area (Å²) in [7, 11) is 0. The summed E-state index contributed by atoms with van der Waals surface area (Å²) in [4.78, 5) is 0. The van der Waals surface area contributed by atoms with Crippen molar-refractivity contribution in [3.63, 3.8) is 0 Å². The van der Waals surface area contributed by atoms with Crippen molar-refractivity contribution in [1.82, 2.24) is 0 Å². The van der Waals surface area contributed by atoms with Crippen LogP contribution in [0, 0.1) is 11.3 Å². The van der Waals surface area contributed by atoms with Crippen LogP contribution in [0.3, 0.4) is 0 Å². The summed E-state index contributed by atoms with van der Waals surface area (Å²) in [6, 6.07) is 0. The number of hydrogen-bond acceptors (Lipinski definition) is 3.